The van der Waals surface area contributed by atoms with E-state index < -0.39 is 102 Å². The minimum absolute atomic E-state index is 0.0254. The first-order chi connectivity index (χ1) is 33.7. The van der Waals surface area contributed by atoms with Crippen LogP contribution >= 0.6 is 15.9 Å². The molecule has 0 radical (unpaired) electrons. The van der Waals surface area contributed by atoms with Crippen molar-refractivity contribution in [1.82, 2.24) is 9.13 Å². The Labute approximate surface area is 443 Å². The van der Waals surface area contributed by atoms with Crippen LogP contribution in [0.4, 0.5) is 0 Å². The van der Waals surface area contributed by atoms with E-state index in [0.717, 1.165) is 21.3 Å². The van der Waals surface area contributed by atoms with Crippen molar-refractivity contribution < 1.29 is 42.6 Å². The van der Waals surface area contributed by atoms with Gasteiger partial charge >= 0.3 is 5.69 Å². The number of nitrogens with zero attached hydrogens (tertiary/aromatic N) is 2. The fraction of sp³-hybridized carbons (Fsp3) is 0.518. The van der Waals surface area contributed by atoms with E-state index in [1.165, 1.54) is 17.3 Å². The Hall–Kier alpha value is -4.02. The Morgan fingerprint density at radius 1 is 0.685 bits per heavy atom. The Morgan fingerprint density at radius 2 is 1.07 bits per heavy atom. The van der Waals surface area contributed by atoms with Gasteiger partial charge in [-0.25, -0.2) is 4.79 Å². The Kier molecular flexibility index (Phi) is 18.9. The second-order valence-electron chi connectivity index (χ2n) is 24.1. The summed E-state index contributed by atoms with van der Waals surface area (Å²) in [6.07, 6.45) is -7.66. The van der Waals surface area contributed by atoms with Gasteiger partial charge in [0, 0.05) is 31.9 Å². The average Bonchev–Trinajstić information content (AvgIpc) is 3.65. The zero-order valence-corrected chi connectivity index (χ0v) is 50.1. The topological polar surface area (TPSA) is 173 Å². The Balaban J connectivity index is 1.73. The maximum absolute atomic E-state index is 15.7. The summed E-state index contributed by atoms with van der Waals surface area (Å²) in [6, 6.07) is 27.6. The summed E-state index contributed by atoms with van der Waals surface area (Å²) >= 11 is 3.25. The molecule has 4 aromatic rings. The number of hydrogen-bond acceptors (Lipinski definition) is 11. The van der Waals surface area contributed by atoms with Crippen LogP contribution in [0.25, 0.3) is 6.08 Å². The van der Waals surface area contributed by atoms with Crippen LogP contribution in [0.15, 0.2) is 112 Å². The van der Waals surface area contributed by atoms with Crippen molar-refractivity contribution in [1.29, 1.82) is 0 Å². The normalized spacial score (nSPS) is 19.9. The molecular formula is C56H79BrN2O11Si3. The predicted molar refractivity (Wildman–Crippen MR) is 300 cm³/mol. The van der Waals surface area contributed by atoms with Gasteiger partial charge in [0.25, 0.3) is 11.5 Å². The number of ether oxygens (including phenoxy) is 1. The van der Waals surface area contributed by atoms with Gasteiger partial charge in [-0.2, -0.15) is 4.57 Å². The fourth-order valence-corrected chi connectivity index (χ4v) is 12.1. The van der Waals surface area contributed by atoms with Gasteiger partial charge in [0.05, 0.1) is 5.56 Å². The summed E-state index contributed by atoms with van der Waals surface area (Å²) in [5.41, 5.74) is -2.68. The molecule has 0 bridgehead atoms. The number of aliphatic hydroxyl groups is 2. The predicted octanol–water partition coefficient (Wildman–Crippen LogP) is 10.4. The first-order valence-electron chi connectivity index (χ1n) is 25.1. The van der Waals surface area contributed by atoms with E-state index in [9.17, 15) is 15.0 Å². The van der Waals surface area contributed by atoms with Crippen LogP contribution in [-0.4, -0.2) is 97.9 Å². The van der Waals surface area contributed by atoms with E-state index >= 15 is 19.2 Å². The van der Waals surface area contributed by atoms with Crippen molar-refractivity contribution in [3.63, 3.8) is 0 Å². The summed E-state index contributed by atoms with van der Waals surface area (Å²) in [7, 11) is -8.32. The molecule has 1 unspecified atom stereocenters. The molecule has 13 nitrogen and oxygen atoms in total. The number of Topliss-reactive ketones (excluding diaryl/α,β-unsaturated/α-hetero) is 2. The molecule has 0 aliphatic carbocycles. The summed E-state index contributed by atoms with van der Waals surface area (Å²) in [4.78, 5) is 76.9. The van der Waals surface area contributed by atoms with Gasteiger partial charge in [-0.05, 0) is 82.1 Å². The van der Waals surface area contributed by atoms with E-state index in [4.69, 9.17) is 18.0 Å². The van der Waals surface area contributed by atoms with Crippen molar-refractivity contribution in [2.24, 2.45) is 0 Å². The number of carbonyl (C=O) groups excluding carboxylic acids is 3. The van der Waals surface area contributed by atoms with Gasteiger partial charge in [0.1, 0.15) is 36.7 Å². The lowest BCUT2D eigenvalue weighted by Gasteiger charge is -2.41. The van der Waals surface area contributed by atoms with Crippen LogP contribution in [-0.2, 0) is 46.9 Å². The molecule has 73 heavy (non-hydrogen) atoms. The molecule has 0 spiro atoms. The summed E-state index contributed by atoms with van der Waals surface area (Å²) in [5, 5.41) is 24.8. The lowest BCUT2D eigenvalue weighted by molar-refractivity contribution is -0.168. The number of halogens is 1. The third-order valence-corrected chi connectivity index (χ3v) is 29.3. The Bertz CT molecular complexity index is 2710. The van der Waals surface area contributed by atoms with Crippen LogP contribution in [0, 0.1) is 0 Å². The molecule has 0 saturated carbocycles. The molecule has 7 atom stereocenters. The van der Waals surface area contributed by atoms with Gasteiger partial charge < -0.3 is 28.2 Å². The second kappa shape index (κ2) is 23.1. The summed E-state index contributed by atoms with van der Waals surface area (Å²) < 4.78 is 28.5. The monoisotopic (exact) mass is 1120 g/mol. The summed E-state index contributed by atoms with van der Waals surface area (Å²) in [6.45, 7) is 30.1. The number of aromatic nitrogens is 2. The van der Waals surface area contributed by atoms with Gasteiger partial charge in [0.2, 0.25) is 0 Å². The largest absolute Gasteiger partial charge is 0.406 e. The van der Waals surface area contributed by atoms with Crippen LogP contribution in [0.2, 0.25) is 54.4 Å². The Morgan fingerprint density at radius 3 is 1.48 bits per heavy atom. The zero-order chi connectivity index (χ0) is 54.7. The fourth-order valence-electron chi connectivity index (χ4n) is 8.04. The van der Waals surface area contributed by atoms with E-state index in [0.29, 0.717) is 4.57 Å². The van der Waals surface area contributed by atoms with E-state index in [2.05, 4.69) is 15.9 Å². The highest BCUT2D eigenvalue weighted by molar-refractivity contribution is 9.11. The average molecular weight is 1120 g/mol. The standard InChI is InChI=1S/C56H79BrN2O11Si3/c1-53(2,3)71(10,11)68-42(33-38-25-19-16-20-26-38)46(60)47(61)49-56(66,48(62)43(34-39-27-21-17-22-28-39)69-72(12,13)54(4,5)6)36-45(67-49)58-37-41(31-32-57)50(63)59(52(58)65)51(64)44(35-40-29-23-18-24-30-40)70-73(14,15)55(7,8)9/h16-32,37,42-45,47,49,61,66H,33-36H2,1-15H3/b32-31+/t42-,43-,44-,45+,47?,49+,56+/m0/s1. The first-order valence-corrected chi connectivity index (χ1v) is 34.8. The zero-order valence-electron chi connectivity index (χ0n) is 45.5. The number of ketones is 2. The quantitative estimate of drug-likeness (QED) is 0.0807. The SMILES string of the molecule is CC(C)(C)[Si](C)(C)O[C@@H](Cc1ccccc1)C(=O)C(O)[C@H]1O[C@@H](n2cc(/C=C/Br)c(=O)n(C(=O)[C@H](Cc3ccccc3)O[Si](C)(C)C(C)(C)C)c2=O)C[C@@]1(O)C(=O)[C@H](Cc1ccccc1)O[Si](C)(C)C(C)(C)C. The molecule has 398 valence electrons. The van der Waals surface area contributed by atoms with Crippen molar-refractivity contribution in [3.05, 3.63) is 145 Å². The molecule has 5 rings (SSSR count). The molecule has 17 heteroatoms. The smallest absolute Gasteiger partial charge is 0.340 e. The lowest BCUT2D eigenvalue weighted by Crippen LogP contribution is -2.60. The molecule has 1 saturated heterocycles. The minimum atomic E-state index is -2.82. The summed E-state index contributed by atoms with van der Waals surface area (Å²) in [5.74, 6) is -2.62. The van der Waals surface area contributed by atoms with Crippen molar-refractivity contribution >= 4 is 64.4 Å². The number of aliphatic hydroxyl groups excluding tert-OH is 1. The van der Waals surface area contributed by atoms with Crippen molar-refractivity contribution in [2.45, 2.75) is 185 Å². The maximum atomic E-state index is 15.7. The van der Waals surface area contributed by atoms with Crippen LogP contribution in [0.3, 0.4) is 0 Å². The molecule has 3 aromatic carbocycles. The second-order valence-corrected chi connectivity index (χ2v) is 38.9. The van der Waals surface area contributed by atoms with Crippen LogP contribution in [0.5, 0.6) is 0 Å². The third kappa shape index (κ3) is 13.9. The van der Waals surface area contributed by atoms with Crippen molar-refractivity contribution in [2.75, 3.05) is 0 Å². The van der Waals surface area contributed by atoms with Crippen LogP contribution in [0.1, 0.15) is 102 Å². The van der Waals surface area contributed by atoms with E-state index in [-0.39, 0.29) is 39.9 Å². The first kappa shape index (κ1) is 59.9. The maximum Gasteiger partial charge on any atom is 0.340 e. The van der Waals surface area contributed by atoms with Crippen LogP contribution < -0.4 is 11.2 Å². The molecule has 2 heterocycles. The molecular weight excluding hydrogens is 1040 g/mol. The molecule has 1 aliphatic heterocycles. The number of hydrogen-bond donors (Lipinski definition) is 2. The van der Waals surface area contributed by atoms with Gasteiger partial charge in [-0.3, -0.25) is 23.7 Å². The number of benzene rings is 3. The van der Waals surface area contributed by atoms with Gasteiger partial charge in [-0.1, -0.05) is 169 Å². The highest BCUT2D eigenvalue weighted by Gasteiger charge is 2.60. The molecule has 0 amide bonds. The third-order valence-electron chi connectivity index (χ3n) is 15.6. The lowest BCUT2D eigenvalue weighted by atomic mass is 9.81. The number of carbonyl (C=O) groups is 3. The minimum Gasteiger partial charge on any atom is -0.406 e. The van der Waals surface area contributed by atoms with E-state index in [1.807, 2.05) is 193 Å². The molecule has 1 aromatic heterocycles. The van der Waals surface area contributed by atoms with E-state index in [1.54, 1.807) is 0 Å². The molecule has 2 N–H and O–H groups in total. The van der Waals surface area contributed by atoms with Gasteiger partial charge in [0.15, 0.2) is 42.1 Å². The highest BCUT2D eigenvalue weighted by Crippen LogP contribution is 2.44. The molecule has 1 fully saturated rings. The number of rotatable bonds is 20. The van der Waals surface area contributed by atoms with Gasteiger partial charge in [-0.15, -0.1) is 0 Å². The molecule has 1 aliphatic rings. The van der Waals surface area contributed by atoms with Crippen molar-refractivity contribution in [3.8, 4) is 0 Å². The highest BCUT2D eigenvalue weighted by atomic mass is 79.9.